The van der Waals surface area contributed by atoms with Gasteiger partial charge < -0.3 is 15.2 Å². The van der Waals surface area contributed by atoms with Crippen molar-refractivity contribution in [1.29, 1.82) is 0 Å². The molecule has 5 nitrogen and oxygen atoms in total. The van der Waals surface area contributed by atoms with E-state index in [9.17, 15) is 0 Å². The molecule has 0 radical (unpaired) electrons. The number of hydrogen-bond acceptors (Lipinski definition) is 4. The van der Waals surface area contributed by atoms with E-state index in [1.807, 2.05) is 19.1 Å². The number of anilines is 1. The zero-order valence-corrected chi connectivity index (χ0v) is 11.7. The second-order valence-corrected chi connectivity index (χ2v) is 4.48. The first-order chi connectivity index (χ1) is 8.65. The lowest BCUT2D eigenvalue weighted by atomic mass is 10.1. The number of H-pyrrole nitrogens is 1. The average Bonchev–Trinajstić information content (AvgIpc) is 2.76. The molecule has 0 aliphatic rings. The molecule has 0 fully saturated rings. The summed E-state index contributed by atoms with van der Waals surface area (Å²) >= 11 is 3.46. The summed E-state index contributed by atoms with van der Waals surface area (Å²) < 4.78 is 11.7. The van der Waals surface area contributed by atoms with Gasteiger partial charge in [-0.25, -0.2) is 0 Å². The van der Waals surface area contributed by atoms with E-state index in [0.717, 1.165) is 15.7 Å². The van der Waals surface area contributed by atoms with Crippen LogP contribution in [0.1, 0.15) is 6.92 Å². The third kappa shape index (κ3) is 2.43. The van der Waals surface area contributed by atoms with Gasteiger partial charge in [-0.1, -0.05) is 0 Å². The van der Waals surface area contributed by atoms with Gasteiger partial charge in [0.2, 0.25) is 0 Å². The number of rotatable bonds is 4. The molecule has 0 unspecified atom stereocenters. The molecule has 6 heteroatoms. The summed E-state index contributed by atoms with van der Waals surface area (Å²) in [6.45, 7) is 2.49. The van der Waals surface area contributed by atoms with Crippen molar-refractivity contribution in [1.82, 2.24) is 10.2 Å². The third-order valence-electron chi connectivity index (χ3n) is 2.42. The van der Waals surface area contributed by atoms with Crippen molar-refractivity contribution in [2.24, 2.45) is 0 Å². The highest BCUT2D eigenvalue weighted by Crippen LogP contribution is 2.39. The Morgan fingerprint density at radius 1 is 1.39 bits per heavy atom. The predicted octanol–water partition coefficient (Wildman–Crippen LogP) is 2.83. The smallest absolute Gasteiger partial charge is 0.174 e. The van der Waals surface area contributed by atoms with Gasteiger partial charge in [0, 0.05) is 11.6 Å². The summed E-state index contributed by atoms with van der Waals surface area (Å²) in [6, 6.07) is 5.58. The Hall–Kier alpha value is -1.69. The summed E-state index contributed by atoms with van der Waals surface area (Å²) in [4.78, 5) is 0. The lowest BCUT2D eigenvalue weighted by Crippen LogP contribution is -1.96. The SMILES string of the molecule is CCOc1cc(-c2cc(N)n[nH]2)cc(Br)c1OC. The van der Waals surface area contributed by atoms with Crippen molar-refractivity contribution in [3.63, 3.8) is 0 Å². The van der Waals surface area contributed by atoms with Crippen molar-refractivity contribution in [3.8, 4) is 22.8 Å². The Morgan fingerprint density at radius 2 is 2.17 bits per heavy atom. The number of nitrogens with two attached hydrogens (primary N) is 1. The monoisotopic (exact) mass is 311 g/mol. The molecule has 2 aromatic rings. The largest absolute Gasteiger partial charge is 0.492 e. The maximum Gasteiger partial charge on any atom is 0.174 e. The Kier molecular flexibility index (Phi) is 3.76. The fourth-order valence-corrected chi connectivity index (χ4v) is 2.27. The van der Waals surface area contributed by atoms with E-state index in [1.165, 1.54) is 0 Å². The highest BCUT2D eigenvalue weighted by molar-refractivity contribution is 9.10. The molecule has 0 spiro atoms. The van der Waals surface area contributed by atoms with Crippen LogP contribution in [0.15, 0.2) is 22.7 Å². The average molecular weight is 312 g/mol. The first-order valence-corrected chi connectivity index (χ1v) is 6.26. The fraction of sp³-hybridized carbons (Fsp3) is 0.250. The summed E-state index contributed by atoms with van der Waals surface area (Å²) in [7, 11) is 1.61. The summed E-state index contributed by atoms with van der Waals surface area (Å²) in [6.07, 6.45) is 0. The summed E-state index contributed by atoms with van der Waals surface area (Å²) in [5.74, 6) is 1.81. The van der Waals surface area contributed by atoms with Crippen LogP contribution in [0, 0.1) is 0 Å². The minimum atomic E-state index is 0.454. The standard InChI is InChI=1S/C12H14BrN3O2/c1-3-18-10-5-7(4-8(13)12(10)17-2)9-6-11(14)16-15-9/h4-6H,3H2,1-2H3,(H3,14,15,16). The van der Waals surface area contributed by atoms with Crippen LogP contribution in [0.2, 0.25) is 0 Å². The van der Waals surface area contributed by atoms with Crippen LogP contribution in [-0.2, 0) is 0 Å². The third-order valence-corrected chi connectivity index (χ3v) is 3.01. The number of hydrogen-bond donors (Lipinski definition) is 2. The van der Waals surface area contributed by atoms with Crippen molar-refractivity contribution in [2.45, 2.75) is 6.92 Å². The van der Waals surface area contributed by atoms with E-state index in [1.54, 1.807) is 13.2 Å². The van der Waals surface area contributed by atoms with Crippen LogP contribution in [-0.4, -0.2) is 23.9 Å². The lowest BCUT2D eigenvalue weighted by molar-refractivity contribution is 0.310. The summed E-state index contributed by atoms with van der Waals surface area (Å²) in [5, 5.41) is 6.77. The van der Waals surface area contributed by atoms with Crippen LogP contribution in [0.3, 0.4) is 0 Å². The minimum absolute atomic E-state index is 0.454. The number of aromatic amines is 1. The predicted molar refractivity (Wildman–Crippen MR) is 73.9 cm³/mol. The highest BCUT2D eigenvalue weighted by Gasteiger charge is 2.13. The zero-order chi connectivity index (χ0) is 13.1. The molecular formula is C12H14BrN3O2. The van der Waals surface area contributed by atoms with E-state index in [4.69, 9.17) is 15.2 Å². The molecule has 3 N–H and O–H groups in total. The Bertz CT molecular complexity index is 554. The maximum absolute atomic E-state index is 5.60. The van der Waals surface area contributed by atoms with Gasteiger partial charge in [0.25, 0.3) is 0 Å². The first kappa shape index (κ1) is 12.8. The Morgan fingerprint density at radius 3 is 2.72 bits per heavy atom. The molecular weight excluding hydrogens is 298 g/mol. The highest BCUT2D eigenvalue weighted by atomic mass is 79.9. The van der Waals surface area contributed by atoms with Gasteiger partial charge in [-0.3, -0.25) is 5.10 Å². The second-order valence-electron chi connectivity index (χ2n) is 3.63. The molecule has 1 heterocycles. The van der Waals surface area contributed by atoms with Gasteiger partial charge in [-0.2, -0.15) is 5.10 Å². The number of benzene rings is 1. The van der Waals surface area contributed by atoms with Crippen LogP contribution < -0.4 is 15.2 Å². The maximum atomic E-state index is 5.60. The van der Waals surface area contributed by atoms with Crippen molar-refractivity contribution >= 4 is 21.7 Å². The Labute approximate surface area is 113 Å². The normalized spacial score (nSPS) is 10.4. The Balaban J connectivity index is 2.50. The van der Waals surface area contributed by atoms with Crippen LogP contribution in [0.5, 0.6) is 11.5 Å². The molecule has 1 aromatic carbocycles. The summed E-state index contributed by atoms with van der Waals surface area (Å²) in [5.41, 5.74) is 7.35. The second kappa shape index (κ2) is 5.30. The van der Waals surface area contributed by atoms with Gasteiger partial charge >= 0.3 is 0 Å². The first-order valence-electron chi connectivity index (χ1n) is 5.47. The molecule has 18 heavy (non-hydrogen) atoms. The van der Waals surface area contributed by atoms with Crippen LogP contribution in [0.25, 0.3) is 11.3 Å². The van der Waals surface area contributed by atoms with Crippen molar-refractivity contribution in [2.75, 3.05) is 19.5 Å². The van der Waals surface area contributed by atoms with Crippen LogP contribution >= 0.6 is 15.9 Å². The topological polar surface area (TPSA) is 73.2 Å². The number of methoxy groups -OCH3 is 1. The number of halogens is 1. The molecule has 0 aliphatic carbocycles. The number of nitrogens with one attached hydrogen (secondary N) is 1. The molecule has 0 saturated carbocycles. The van der Waals surface area contributed by atoms with Gasteiger partial charge in [0.1, 0.15) is 5.82 Å². The van der Waals surface area contributed by atoms with Gasteiger partial charge in [-0.05, 0) is 35.0 Å². The molecule has 0 atom stereocenters. The van der Waals surface area contributed by atoms with E-state index in [0.29, 0.717) is 23.9 Å². The van der Waals surface area contributed by atoms with E-state index in [2.05, 4.69) is 26.1 Å². The molecule has 1 aromatic heterocycles. The van der Waals surface area contributed by atoms with E-state index >= 15 is 0 Å². The van der Waals surface area contributed by atoms with E-state index in [-0.39, 0.29) is 0 Å². The van der Waals surface area contributed by atoms with Gasteiger partial charge in [-0.15, -0.1) is 0 Å². The fourth-order valence-electron chi connectivity index (χ4n) is 1.67. The molecule has 0 amide bonds. The molecule has 0 saturated heterocycles. The number of nitrogens with zero attached hydrogens (tertiary/aromatic N) is 1. The van der Waals surface area contributed by atoms with Gasteiger partial charge in [0.15, 0.2) is 11.5 Å². The number of aromatic nitrogens is 2. The number of nitrogen functional groups attached to an aromatic ring is 1. The van der Waals surface area contributed by atoms with Crippen molar-refractivity contribution in [3.05, 3.63) is 22.7 Å². The van der Waals surface area contributed by atoms with Gasteiger partial charge in [0.05, 0.1) is 23.9 Å². The lowest BCUT2D eigenvalue weighted by Gasteiger charge is -2.12. The minimum Gasteiger partial charge on any atom is -0.492 e. The zero-order valence-electron chi connectivity index (χ0n) is 10.2. The quantitative estimate of drug-likeness (QED) is 0.910. The molecule has 0 aliphatic heterocycles. The van der Waals surface area contributed by atoms with Crippen LogP contribution in [0.4, 0.5) is 5.82 Å². The number of ether oxygens (including phenoxy) is 2. The molecule has 96 valence electrons. The van der Waals surface area contributed by atoms with Crippen molar-refractivity contribution < 1.29 is 9.47 Å². The van der Waals surface area contributed by atoms with E-state index < -0.39 is 0 Å². The molecule has 2 rings (SSSR count). The molecule has 0 bridgehead atoms.